The largest absolute Gasteiger partial charge is 0.367 e. The van der Waals surface area contributed by atoms with E-state index in [1.165, 1.54) is 11.3 Å². The second-order valence-corrected chi connectivity index (χ2v) is 7.31. The predicted molar refractivity (Wildman–Crippen MR) is 83.8 cm³/mol. The average Bonchev–Trinajstić information content (AvgIpc) is 2.37. The lowest BCUT2D eigenvalue weighted by Gasteiger charge is -2.53. The minimum atomic E-state index is 0.0160. The summed E-state index contributed by atoms with van der Waals surface area (Å²) in [6.45, 7) is 14.0. The maximum Gasteiger partial charge on any atom is 0.0521 e. The van der Waals surface area contributed by atoms with Crippen molar-refractivity contribution in [2.75, 3.05) is 19.0 Å². The van der Waals surface area contributed by atoms with E-state index in [1.807, 2.05) is 0 Å². The summed E-state index contributed by atoms with van der Waals surface area (Å²) in [6, 6.07) is 8.79. The van der Waals surface area contributed by atoms with Crippen LogP contribution in [0.15, 0.2) is 24.3 Å². The molecule has 106 valence electrons. The Morgan fingerprint density at radius 2 is 1.32 bits per heavy atom. The molecule has 2 heteroatoms. The molecule has 0 atom stereocenters. The van der Waals surface area contributed by atoms with Crippen molar-refractivity contribution in [1.29, 1.82) is 0 Å². The normalized spacial score (nSPS) is 24.7. The molecule has 0 bridgehead atoms. The summed E-state index contributed by atoms with van der Waals surface area (Å²) in [7, 11) is 4.47. The molecule has 0 aliphatic carbocycles. The molecule has 0 radical (unpaired) electrons. The molecule has 2 rings (SSSR count). The van der Waals surface area contributed by atoms with Crippen LogP contribution in [-0.2, 0) is 5.54 Å². The van der Waals surface area contributed by atoms with Crippen molar-refractivity contribution in [3.63, 3.8) is 0 Å². The first kappa shape index (κ1) is 14.4. The Labute approximate surface area is 118 Å². The number of fused-ring (bicyclic) bond motifs is 1. The van der Waals surface area contributed by atoms with Crippen LogP contribution >= 0.6 is 0 Å². The van der Waals surface area contributed by atoms with Gasteiger partial charge in [-0.2, -0.15) is 0 Å². The van der Waals surface area contributed by atoms with E-state index in [0.717, 1.165) is 0 Å². The molecule has 0 saturated carbocycles. The Bertz CT molecular complexity index is 486. The Hall–Kier alpha value is -1.02. The number of likely N-dealkylation sites (N-methyl/N-ethyl adjacent to an activating group) is 2. The van der Waals surface area contributed by atoms with E-state index < -0.39 is 0 Å². The van der Waals surface area contributed by atoms with Gasteiger partial charge in [0.1, 0.15) is 0 Å². The fourth-order valence-corrected chi connectivity index (χ4v) is 3.28. The van der Waals surface area contributed by atoms with Crippen LogP contribution in [0, 0.1) is 0 Å². The fraction of sp³-hybridized carbons (Fsp3) is 0.647. The summed E-state index contributed by atoms with van der Waals surface area (Å²) in [4.78, 5) is 4.95. The number of para-hydroxylation sites is 1. The third-order valence-electron chi connectivity index (χ3n) is 5.94. The summed E-state index contributed by atoms with van der Waals surface area (Å²) < 4.78 is 0. The molecule has 0 fully saturated rings. The predicted octanol–water partition coefficient (Wildman–Crippen LogP) is 3.86. The molecule has 1 aliphatic heterocycles. The zero-order chi connectivity index (χ0) is 14.6. The van der Waals surface area contributed by atoms with Gasteiger partial charge in [0.25, 0.3) is 0 Å². The van der Waals surface area contributed by atoms with Crippen LogP contribution in [0.25, 0.3) is 0 Å². The van der Waals surface area contributed by atoms with Gasteiger partial charge in [0.15, 0.2) is 0 Å². The molecule has 2 nitrogen and oxygen atoms in total. The molecule has 0 saturated heterocycles. The van der Waals surface area contributed by atoms with Crippen LogP contribution in [0.2, 0.25) is 0 Å². The molecule has 1 aromatic rings. The van der Waals surface area contributed by atoms with Crippen molar-refractivity contribution in [3.8, 4) is 0 Å². The minimum absolute atomic E-state index is 0.0160. The molecule has 1 aromatic carbocycles. The van der Waals surface area contributed by atoms with Crippen LogP contribution < -0.4 is 4.90 Å². The summed E-state index contributed by atoms with van der Waals surface area (Å²) in [6.07, 6.45) is 0. The summed E-state index contributed by atoms with van der Waals surface area (Å²) in [5.41, 5.74) is 2.87. The molecule has 1 heterocycles. The quantitative estimate of drug-likeness (QED) is 0.699. The minimum Gasteiger partial charge on any atom is -0.367 e. The van der Waals surface area contributed by atoms with Crippen LogP contribution in [0.4, 0.5) is 5.69 Å². The molecular weight excluding hydrogens is 232 g/mol. The SMILES string of the molecule is CN1c2ccccc2C(C)(C)N(C)C(C)(C)C1(C)C. The Kier molecular flexibility index (Phi) is 3.02. The van der Waals surface area contributed by atoms with E-state index in [4.69, 9.17) is 0 Å². The van der Waals surface area contributed by atoms with Crippen molar-refractivity contribution in [2.45, 2.75) is 58.2 Å². The Morgan fingerprint density at radius 1 is 0.789 bits per heavy atom. The van der Waals surface area contributed by atoms with Crippen molar-refractivity contribution < 1.29 is 0 Å². The number of hydrogen-bond acceptors (Lipinski definition) is 2. The van der Waals surface area contributed by atoms with E-state index in [1.54, 1.807) is 0 Å². The van der Waals surface area contributed by atoms with Crippen LogP contribution in [-0.4, -0.2) is 30.1 Å². The van der Waals surface area contributed by atoms with Gasteiger partial charge >= 0.3 is 0 Å². The van der Waals surface area contributed by atoms with E-state index in [0.29, 0.717) is 0 Å². The van der Waals surface area contributed by atoms with Crippen molar-refractivity contribution >= 4 is 5.69 Å². The van der Waals surface area contributed by atoms with Crippen LogP contribution in [0.5, 0.6) is 0 Å². The van der Waals surface area contributed by atoms with Gasteiger partial charge in [0.05, 0.1) is 5.54 Å². The van der Waals surface area contributed by atoms with Crippen LogP contribution in [0.3, 0.4) is 0 Å². The van der Waals surface area contributed by atoms with Gasteiger partial charge in [0.2, 0.25) is 0 Å². The van der Waals surface area contributed by atoms with E-state index in [-0.39, 0.29) is 16.6 Å². The first-order valence-corrected chi connectivity index (χ1v) is 7.12. The highest BCUT2D eigenvalue weighted by Crippen LogP contribution is 2.47. The zero-order valence-electron chi connectivity index (χ0n) is 13.7. The standard InChI is InChI=1S/C17H28N2/c1-15(2)13-11-9-10-12-14(13)18(7)16(3,4)17(5,6)19(15)8/h9-12H,1-8H3. The van der Waals surface area contributed by atoms with Crippen molar-refractivity contribution in [1.82, 2.24) is 4.90 Å². The Balaban J connectivity index is 2.78. The average molecular weight is 260 g/mol. The lowest BCUT2D eigenvalue weighted by Crippen LogP contribution is -2.65. The first-order valence-electron chi connectivity index (χ1n) is 7.12. The number of anilines is 1. The third kappa shape index (κ3) is 1.73. The van der Waals surface area contributed by atoms with Gasteiger partial charge in [0, 0.05) is 23.8 Å². The second kappa shape index (κ2) is 3.99. The number of nitrogens with zero attached hydrogens (tertiary/aromatic N) is 2. The van der Waals surface area contributed by atoms with Gasteiger partial charge in [-0.3, -0.25) is 4.90 Å². The topological polar surface area (TPSA) is 6.48 Å². The van der Waals surface area contributed by atoms with Gasteiger partial charge in [-0.05, 0) is 60.2 Å². The lowest BCUT2D eigenvalue weighted by atomic mass is 9.78. The highest BCUT2D eigenvalue weighted by atomic mass is 15.3. The molecule has 0 aromatic heterocycles. The molecule has 0 unspecified atom stereocenters. The second-order valence-electron chi connectivity index (χ2n) is 7.31. The number of hydrogen-bond donors (Lipinski definition) is 0. The van der Waals surface area contributed by atoms with Crippen LogP contribution in [0.1, 0.15) is 47.1 Å². The van der Waals surface area contributed by atoms with E-state index >= 15 is 0 Å². The van der Waals surface area contributed by atoms with Gasteiger partial charge in [-0.1, -0.05) is 18.2 Å². The van der Waals surface area contributed by atoms with E-state index in [9.17, 15) is 0 Å². The highest BCUT2D eigenvalue weighted by Gasteiger charge is 2.51. The molecule has 1 aliphatic rings. The number of benzene rings is 1. The first-order chi connectivity index (χ1) is 8.54. The highest BCUT2D eigenvalue weighted by molar-refractivity contribution is 5.59. The maximum atomic E-state index is 2.52. The van der Waals surface area contributed by atoms with Gasteiger partial charge < -0.3 is 4.90 Å². The zero-order valence-corrected chi connectivity index (χ0v) is 13.7. The smallest absolute Gasteiger partial charge is 0.0521 e. The lowest BCUT2D eigenvalue weighted by molar-refractivity contribution is 0.00577. The van der Waals surface area contributed by atoms with E-state index in [2.05, 4.69) is 89.7 Å². The molecule has 19 heavy (non-hydrogen) atoms. The molecular formula is C17H28N2. The summed E-state index contributed by atoms with van der Waals surface area (Å²) in [5.74, 6) is 0. The maximum absolute atomic E-state index is 2.52. The number of rotatable bonds is 0. The summed E-state index contributed by atoms with van der Waals surface area (Å²) in [5, 5.41) is 0. The van der Waals surface area contributed by atoms with Crippen molar-refractivity contribution in [3.05, 3.63) is 29.8 Å². The summed E-state index contributed by atoms with van der Waals surface area (Å²) >= 11 is 0. The monoisotopic (exact) mass is 260 g/mol. The third-order valence-corrected chi connectivity index (χ3v) is 5.94. The van der Waals surface area contributed by atoms with Crippen molar-refractivity contribution in [2.24, 2.45) is 0 Å². The molecule has 0 N–H and O–H groups in total. The fourth-order valence-electron chi connectivity index (χ4n) is 3.28. The Morgan fingerprint density at radius 3 is 1.89 bits per heavy atom. The van der Waals surface area contributed by atoms with Gasteiger partial charge in [-0.15, -0.1) is 0 Å². The molecule has 0 spiro atoms. The molecule has 0 amide bonds. The van der Waals surface area contributed by atoms with Gasteiger partial charge in [-0.25, -0.2) is 0 Å².